The Morgan fingerprint density at radius 3 is 1.87 bits per heavy atom. The Balaban J connectivity index is 2.18. The Morgan fingerprint density at radius 1 is 0.903 bits per heavy atom. The summed E-state index contributed by atoms with van der Waals surface area (Å²) in [5, 5.41) is 4.84. The predicted octanol–water partition coefficient (Wildman–Crippen LogP) is 6.48. The molecule has 0 spiro atoms. The van der Waals surface area contributed by atoms with Crippen LogP contribution in [0.15, 0.2) is 36.4 Å². The number of thioether (sulfide) groups is 1. The van der Waals surface area contributed by atoms with Gasteiger partial charge in [-0.2, -0.15) is 0 Å². The Hall–Kier alpha value is -1.11. The molecular weight excluding hydrogens is 498 g/mol. The van der Waals surface area contributed by atoms with Gasteiger partial charge in [0.05, 0.1) is 5.75 Å². The average molecular weight is 522 g/mol. The topological polar surface area (TPSA) is 49.4 Å². The lowest BCUT2D eigenvalue weighted by Gasteiger charge is -2.30. The Bertz CT molecular complexity index is 899. The number of benzene rings is 2. The van der Waals surface area contributed by atoms with E-state index in [0.29, 0.717) is 31.4 Å². The maximum Gasteiger partial charge on any atom is 0.242 e. The van der Waals surface area contributed by atoms with Crippen LogP contribution in [0.3, 0.4) is 0 Å². The highest BCUT2D eigenvalue weighted by atomic mass is 35.5. The van der Waals surface area contributed by atoms with Crippen LogP contribution < -0.4 is 5.32 Å². The number of nitrogens with zero attached hydrogens (tertiary/aromatic N) is 1. The maximum atomic E-state index is 13.1. The fourth-order valence-corrected chi connectivity index (χ4v) is 5.00. The van der Waals surface area contributed by atoms with Gasteiger partial charge in [-0.3, -0.25) is 9.59 Å². The van der Waals surface area contributed by atoms with Crippen molar-refractivity contribution in [1.29, 1.82) is 0 Å². The molecule has 1 atom stereocenters. The second kappa shape index (κ2) is 12.2. The molecule has 0 aliphatic heterocycles. The molecule has 0 bridgehead atoms. The van der Waals surface area contributed by atoms with E-state index in [1.165, 1.54) is 16.7 Å². The van der Waals surface area contributed by atoms with Gasteiger partial charge < -0.3 is 10.2 Å². The Labute approximate surface area is 207 Å². The number of rotatable bonds is 9. The molecule has 2 aromatic rings. The van der Waals surface area contributed by atoms with Crippen molar-refractivity contribution in [2.75, 3.05) is 5.75 Å². The predicted molar refractivity (Wildman–Crippen MR) is 132 cm³/mol. The smallest absolute Gasteiger partial charge is 0.242 e. The van der Waals surface area contributed by atoms with E-state index in [0.717, 1.165) is 5.56 Å². The number of hydrogen-bond donors (Lipinski definition) is 1. The van der Waals surface area contributed by atoms with Crippen molar-refractivity contribution in [2.24, 2.45) is 0 Å². The minimum atomic E-state index is -0.702. The monoisotopic (exact) mass is 520 g/mol. The summed E-state index contributed by atoms with van der Waals surface area (Å²) in [5.41, 5.74) is 1.37. The normalized spacial score (nSPS) is 12.0. The van der Waals surface area contributed by atoms with Crippen molar-refractivity contribution in [2.45, 2.75) is 45.2 Å². The summed E-state index contributed by atoms with van der Waals surface area (Å²) in [7, 11) is 0. The standard InChI is InChI=1S/C22H24Cl4N2O2S/c1-13(2)27-22(30)14(3)28(10-15-17(23)6-4-7-18(15)24)21(29)12-31-11-16-19(25)8-5-9-20(16)26/h4-9,13-14H,10-12H2,1-3H3,(H,27,30). The van der Waals surface area contributed by atoms with Gasteiger partial charge >= 0.3 is 0 Å². The highest BCUT2D eigenvalue weighted by Gasteiger charge is 2.27. The minimum absolute atomic E-state index is 0.0486. The number of carbonyl (C=O) groups excluding carboxylic acids is 2. The molecule has 0 aliphatic rings. The SMILES string of the molecule is CC(C)NC(=O)C(C)N(Cc1c(Cl)cccc1Cl)C(=O)CSCc1c(Cl)cccc1Cl. The lowest BCUT2D eigenvalue weighted by molar-refractivity contribution is -0.138. The van der Waals surface area contributed by atoms with Crippen molar-refractivity contribution in [3.05, 3.63) is 67.6 Å². The van der Waals surface area contributed by atoms with Crippen molar-refractivity contribution in [3.63, 3.8) is 0 Å². The zero-order valence-electron chi connectivity index (χ0n) is 17.4. The van der Waals surface area contributed by atoms with Gasteiger partial charge in [0.25, 0.3) is 0 Å². The van der Waals surface area contributed by atoms with E-state index < -0.39 is 6.04 Å². The molecule has 2 rings (SSSR count). The largest absolute Gasteiger partial charge is 0.352 e. The van der Waals surface area contributed by atoms with Gasteiger partial charge in [-0.1, -0.05) is 58.5 Å². The average Bonchev–Trinajstić information content (AvgIpc) is 2.69. The number of halogens is 4. The molecular formula is C22H24Cl4N2O2S. The second-order valence-corrected chi connectivity index (χ2v) is 9.87. The third-order valence-electron chi connectivity index (χ3n) is 4.52. The van der Waals surface area contributed by atoms with Crippen LogP contribution in [-0.4, -0.2) is 34.6 Å². The first-order valence-electron chi connectivity index (χ1n) is 9.65. The summed E-state index contributed by atoms with van der Waals surface area (Å²) in [5.74, 6) is 0.154. The van der Waals surface area contributed by atoms with Crippen LogP contribution in [0.2, 0.25) is 20.1 Å². The summed E-state index contributed by atoms with van der Waals surface area (Å²) in [4.78, 5) is 27.3. The molecule has 0 saturated heterocycles. The summed E-state index contributed by atoms with van der Waals surface area (Å²) in [6.07, 6.45) is 0. The molecule has 1 unspecified atom stereocenters. The number of nitrogens with one attached hydrogen (secondary N) is 1. The van der Waals surface area contributed by atoms with Crippen molar-refractivity contribution >= 4 is 70.0 Å². The molecule has 0 fully saturated rings. The van der Waals surface area contributed by atoms with Gasteiger partial charge in [0.15, 0.2) is 0 Å². The minimum Gasteiger partial charge on any atom is -0.352 e. The molecule has 1 N–H and O–H groups in total. The highest BCUT2D eigenvalue weighted by molar-refractivity contribution is 7.99. The first-order chi connectivity index (χ1) is 14.6. The molecule has 0 heterocycles. The van der Waals surface area contributed by atoms with Gasteiger partial charge in [-0.15, -0.1) is 11.8 Å². The molecule has 9 heteroatoms. The van der Waals surface area contributed by atoms with Gasteiger partial charge in [-0.25, -0.2) is 0 Å². The number of hydrogen-bond acceptors (Lipinski definition) is 3. The van der Waals surface area contributed by atoms with Crippen LogP contribution >= 0.6 is 58.2 Å². The quantitative estimate of drug-likeness (QED) is 0.411. The Kier molecular flexibility index (Phi) is 10.3. The van der Waals surface area contributed by atoms with Gasteiger partial charge in [-0.05, 0) is 50.6 Å². The lowest BCUT2D eigenvalue weighted by Crippen LogP contribution is -2.49. The van der Waals surface area contributed by atoms with E-state index in [2.05, 4.69) is 5.32 Å². The van der Waals surface area contributed by atoms with E-state index in [1.54, 1.807) is 43.3 Å². The molecule has 31 heavy (non-hydrogen) atoms. The molecule has 4 nitrogen and oxygen atoms in total. The van der Waals surface area contributed by atoms with Crippen molar-refractivity contribution in [1.82, 2.24) is 10.2 Å². The van der Waals surface area contributed by atoms with E-state index in [4.69, 9.17) is 46.4 Å². The second-order valence-electron chi connectivity index (χ2n) is 7.25. The van der Waals surface area contributed by atoms with E-state index in [9.17, 15) is 9.59 Å². The highest BCUT2D eigenvalue weighted by Crippen LogP contribution is 2.29. The van der Waals surface area contributed by atoms with Gasteiger partial charge in [0.1, 0.15) is 6.04 Å². The fourth-order valence-electron chi connectivity index (χ4n) is 2.84. The summed E-state index contributed by atoms with van der Waals surface area (Å²) in [6, 6.07) is 9.69. The number of amides is 2. The first-order valence-corrected chi connectivity index (χ1v) is 12.3. The van der Waals surface area contributed by atoms with Gasteiger partial charge in [0, 0.05) is 44.0 Å². The maximum absolute atomic E-state index is 13.1. The first kappa shape index (κ1) is 26.1. The van der Waals surface area contributed by atoms with Crippen LogP contribution in [0.4, 0.5) is 0 Å². The van der Waals surface area contributed by atoms with Crippen molar-refractivity contribution in [3.8, 4) is 0 Å². The van der Waals surface area contributed by atoms with E-state index in [1.807, 2.05) is 13.8 Å². The zero-order valence-corrected chi connectivity index (χ0v) is 21.3. The summed E-state index contributed by atoms with van der Waals surface area (Å²) >= 11 is 26.4. The van der Waals surface area contributed by atoms with Crippen LogP contribution in [0.5, 0.6) is 0 Å². The van der Waals surface area contributed by atoms with Crippen molar-refractivity contribution < 1.29 is 9.59 Å². The van der Waals surface area contributed by atoms with E-state index >= 15 is 0 Å². The van der Waals surface area contributed by atoms with Crippen LogP contribution in [-0.2, 0) is 21.9 Å². The fraction of sp³-hybridized carbons (Fsp3) is 0.364. The van der Waals surface area contributed by atoms with Crippen LogP contribution in [0.25, 0.3) is 0 Å². The lowest BCUT2D eigenvalue weighted by atomic mass is 10.1. The Morgan fingerprint density at radius 2 is 1.39 bits per heavy atom. The molecule has 0 aromatic heterocycles. The van der Waals surface area contributed by atoms with Crippen LogP contribution in [0, 0.1) is 0 Å². The van der Waals surface area contributed by atoms with E-state index in [-0.39, 0.29) is 30.2 Å². The molecule has 0 saturated carbocycles. The molecule has 2 aromatic carbocycles. The zero-order chi connectivity index (χ0) is 23.1. The molecule has 0 aliphatic carbocycles. The van der Waals surface area contributed by atoms with Crippen LogP contribution in [0.1, 0.15) is 31.9 Å². The number of carbonyl (C=O) groups is 2. The van der Waals surface area contributed by atoms with Gasteiger partial charge in [0.2, 0.25) is 11.8 Å². The summed E-state index contributed by atoms with van der Waals surface area (Å²) in [6.45, 7) is 5.54. The third-order valence-corrected chi connectivity index (χ3v) is 6.88. The third kappa shape index (κ3) is 7.47. The summed E-state index contributed by atoms with van der Waals surface area (Å²) < 4.78 is 0. The molecule has 0 radical (unpaired) electrons. The molecule has 168 valence electrons. The molecule has 2 amide bonds.